The molecule has 0 unspecified atom stereocenters. The highest BCUT2D eigenvalue weighted by molar-refractivity contribution is 7.10. The fourth-order valence-corrected chi connectivity index (χ4v) is 2.28. The molecular formula is C14H19NO3S. The number of aliphatic hydroxyl groups is 1. The van der Waals surface area contributed by atoms with Crippen molar-refractivity contribution in [3.05, 3.63) is 21.9 Å². The summed E-state index contributed by atoms with van der Waals surface area (Å²) in [5, 5.41) is 10.6. The van der Waals surface area contributed by atoms with E-state index in [1.54, 1.807) is 11.9 Å². The van der Waals surface area contributed by atoms with Crippen LogP contribution in [0, 0.1) is 11.8 Å². The summed E-state index contributed by atoms with van der Waals surface area (Å²) in [5.41, 5.74) is 1.06. The maximum Gasteiger partial charge on any atom is 0.224 e. The predicted molar refractivity (Wildman–Crippen MR) is 75.9 cm³/mol. The molecule has 1 aromatic heterocycles. The van der Waals surface area contributed by atoms with Crippen molar-refractivity contribution in [1.82, 2.24) is 4.90 Å². The molecule has 104 valence electrons. The number of amides is 1. The van der Waals surface area contributed by atoms with Crippen LogP contribution < -0.4 is 0 Å². The van der Waals surface area contributed by atoms with Crippen molar-refractivity contribution in [3.63, 3.8) is 0 Å². The Kier molecular flexibility index (Phi) is 7.19. The summed E-state index contributed by atoms with van der Waals surface area (Å²) in [7, 11) is 1.78. The van der Waals surface area contributed by atoms with Gasteiger partial charge in [0.2, 0.25) is 5.91 Å². The second kappa shape index (κ2) is 8.70. The maximum absolute atomic E-state index is 11.8. The van der Waals surface area contributed by atoms with Crippen LogP contribution in [0.4, 0.5) is 0 Å². The monoisotopic (exact) mass is 281 g/mol. The first-order chi connectivity index (χ1) is 9.17. The fourth-order valence-electron chi connectivity index (χ4n) is 1.51. The van der Waals surface area contributed by atoms with Gasteiger partial charge in [0.15, 0.2) is 0 Å². The molecule has 1 rings (SSSR count). The van der Waals surface area contributed by atoms with E-state index in [0.717, 1.165) is 10.4 Å². The molecule has 4 nitrogen and oxygen atoms in total. The number of hydrogen-bond acceptors (Lipinski definition) is 4. The van der Waals surface area contributed by atoms with Crippen LogP contribution in [0.1, 0.15) is 23.8 Å². The van der Waals surface area contributed by atoms with Crippen LogP contribution in [0.2, 0.25) is 0 Å². The van der Waals surface area contributed by atoms with Gasteiger partial charge in [0.1, 0.15) is 6.61 Å². The number of carbonyl (C=O) groups is 1. The lowest BCUT2D eigenvalue weighted by Gasteiger charge is -2.16. The minimum atomic E-state index is -0.136. The molecule has 0 bridgehead atoms. The Morgan fingerprint density at radius 3 is 3.05 bits per heavy atom. The second-order valence-electron chi connectivity index (χ2n) is 3.98. The highest BCUT2D eigenvalue weighted by Crippen LogP contribution is 2.15. The standard InChI is InChI=1S/C14H19NO3S/c1-3-18-8-6-14(17)15(2)10-12-9-13(19-11-12)5-4-7-16/h9,11,16H,3,6-8,10H2,1-2H3. The Hall–Kier alpha value is -1.35. The molecule has 5 heteroatoms. The van der Waals surface area contributed by atoms with Gasteiger partial charge < -0.3 is 14.7 Å². The van der Waals surface area contributed by atoms with E-state index < -0.39 is 0 Å². The van der Waals surface area contributed by atoms with E-state index in [9.17, 15) is 4.79 Å². The molecular weight excluding hydrogens is 262 g/mol. The first-order valence-electron chi connectivity index (χ1n) is 6.16. The van der Waals surface area contributed by atoms with Crippen LogP contribution in [0.3, 0.4) is 0 Å². The molecule has 0 aromatic carbocycles. The number of nitrogens with zero attached hydrogens (tertiary/aromatic N) is 1. The van der Waals surface area contributed by atoms with Gasteiger partial charge in [-0.05, 0) is 23.9 Å². The van der Waals surface area contributed by atoms with Gasteiger partial charge in [-0.15, -0.1) is 11.3 Å². The lowest BCUT2D eigenvalue weighted by atomic mass is 10.2. The van der Waals surface area contributed by atoms with Crippen molar-refractivity contribution >= 4 is 17.2 Å². The van der Waals surface area contributed by atoms with Crippen molar-refractivity contribution in [2.24, 2.45) is 0 Å². The lowest BCUT2D eigenvalue weighted by molar-refractivity contribution is -0.131. The molecule has 1 aromatic rings. The normalized spacial score (nSPS) is 9.84. The Morgan fingerprint density at radius 1 is 1.58 bits per heavy atom. The van der Waals surface area contributed by atoms with Gasteiger partial charge in [0.05, 0.1) is 17.9 Å². The zero-order valence-corrected chi connectivity index (χ0v) is 12.1. The molecule has 0 radical (unpaired) electrons. The van der Waals surface area contributed by atoms with E-state index in [4.69, 9.17) is 9.84 Å². The minimum absolute atomic E-state index is 0.0719. The van der Waals surface area contributed by atoms with E-state index in [2.05, 4.69) is 11.8 Å². The smallest absolute Gasteiger partial charge is 0.224 e. The third-order valence-corrected chi connectivity index (χ3v) is 3.35. The zero-order chi connectivity index (χ0) is 14.1. The number of hydrogen-bond donors (Lipinski definition) is 1. The molecule has 0 fully saturated rings. The molecule has 0 aliphatic carbocycles. The van der Waals surface area contributed by atoms with Gasteiger partial charge >= 0.3 is 0 Å². The van der Waals surface area contributed by atoms with Crippen molar-refractivity contribution in [2.45, 2.75) is 19.9 Å². The fraction of sp³-hybridized carbons (Fsp3) is 0.500. The van der Waals surface area contributed by atoms with Crippen molar-refractivity contribution in [3.8, 4) is 11.8 Å². The molecule has 0 atom stereocenters. The quantitative estimate of drug-likeness (QED) is 0.634. The van der Waals surface area contributed by atoms with Crippen LogP contribution in [0.5, 0.6) is 0 Å². The number of rotatable bonds is 6. The highest BCUT2D eigenvalue weighted by atomic mass is 32.1. The van der Waals surface area contributed by atoms with Gasteiger partial charge in [-0.25, -0.2) is 0 Å². The topological polar surface area (TPSA) is 49.8 Å². The molecule has 0 saturated carbocycles. The summed E-state index contributed by atoms with van der Waals surface area (Å²) in [6.07, 6.45) is 0.408. The summed E-state index contributed by atoms with van der Waals surface area (Å²) in [6, 6.07) is 1.94. The molecule has 0 aliphatic rings. The van der Waals surface area contributed by atoms with Gasteiger partial charge in [0, 0.05) is 20.2 Å². The van der Waals surface area contributed by atoms with Crippen molar-refractivity contribution in [2.75, 3.05) is 26.9 Å². The molecule has 1 amide bonds. The van der Waals surface area contributed by atoms with E-state index in [1.807, 2.05) is 18.4 Å². The Morgan fingerprint density at radius 2 is 2.37 bits per heavy atom. The summed E-state index contributed by atoms with van der Waals surface area (Å²) in [6.45, 7) is 3.45. The van der Waals surface area contributed by atoms with Gasteiger partial charge in [-0.2, -0.15) is 0 Å². The van der Waals surface area contributed by atoms with E-state index in [0.29, 0.717) is 26.2 Å². The van der Waals surface area contributed by atoms with Gasteiger partial charge in [0.25, 0.3) is 0 Å². The third-order valence-electron chi connectivity index (χ3n) is 2.45. The number of ether oxygens (including phenoxy) is 1. The molecule has 1 heterocycles. The van der Waals surface area contributed by atoms with Crippen LogP contribution in [0.15, 0.2) is 11.4 Å². The molecule has 0 aliphatic heterocycles. The van der Waals surface area contributed by atoms with Crippen LogP contribution in [-0.2, 0) is 16.1 Å². The largest absolute Gasteiger partial charge is 0.384 e. The predicted octanol–water partition coefficient (Wildman–Crippen LogP) is 1.48. The number of aliphatic hydroxyl groups excluding tert-OH is 1. The van der Waals surface area contributed by atoms with E-state index in [1.165, 1.54) is 11.3 Å². The third kappa shape index (κ3) is 5.88. The first kappa shape index (κ1) is 15.7. The van der Waals surface area contributed by atoms with Crippen LogP contribution in [0.25, 0.3) is 0 Å². The average molecular weight is 281 g/mol. The summed E-state index contributed by atoms with van der Waals surface area (Å²) >= 11 is 1.52. The van der Waals surface area contributed by atoms with Gasteiger partial charge in [-0.1, -0.05) is 11.8 Å². The Labute approximate surface area is 118 Å². The second-order valence-corrected chi connectivity index (χ2v) is 4.89. The van der Waals surface area contributed by atoms with Crippen LogP contribution >= 0.6 is 11.3 Å². The van der Waals surface area contributed by atoms with Crippen molar-refractivity contribution in [1.29, 1.82) is 0 Å². The highest BCUT2D eigenvalue weighted by Gasteiger charge is 2.09. The maximum atomic E-state index is 11.8. The SMILES string of the molecule is CCOCCC(=O)N(C)Cc1csc(C#CCO)c1. The average Bonchev–Trinajstić information content (AvgIpc) is 2.84. The zero-order valence-electron chi connectivity index (χ0n) is 11.3. The molecule has 19 heavy (non-hydrogen) atoms. The molecule has 0 saturated heterocycles. The number of carbonyl (C=O) groups excluding carboxylic acids is 1. The lowest BCUT2D eigenvalue weighted by Crippen LogP contribution is -2.26. The number of thiophene rings is 1. The van der Waals surface area contributed by atoms with Crippen molar-refractivity contribution < 1.29 is 14.6 Å². The molecule has 0 spiro atoms. The summed E-state index contributed by atoms with van der Waals surface area (Å²) in [4.78, 5) is 14.4. The van der Waals surface area contributed by atoms with E-state index >= 15 is 0 Å². The Balaban J connectivity index is 2.45. The summed E-state index contributed by atoms with van der Waals surface area (Å²) < 4.78 is 5.17. The van der Waals surface area contributed by atoms with E-state index in [-0.39, 0.29) is 12.5 Å². The summed E-state index contributed by atoms with van der Waals surface area (Å²) in [5.74, 6) is 5.53. The van der Waals surface area contributed by atoms with Gasteiger partial charge in [-0.3, -0.25) is 4.79 Å². The minimum Gasteiger partial charge on any atom is -0.384 e. The van der Waals surface area contributed by atoms with Crippen LogP contribution in [-0.4, -0.2) is 42.8 Å². The first-order valence-corrected chi connectivity index (χ1v) is 7.04. The Bertz CT molecular complexity index is 459. The molecule has 1 N–H and O–H groups in total.